The first-order valence-corrected chi connectivity index (χ1v) is 8.34. The van der Waals surface area contributed by atoms with Crippen LogP contribution in [0.4, 0.5) is 5.82 Å². The summed E-state index contributed by atoms with van der Waals surface area (Å²) in [6.07, 6.45) is 0.105. The molecule has 0 bridgehead atoms. The molecule has 7 nitrogen and oxygen atoms in total. The number of carbonyl (C=O) groups excluding carboxylic acids is 2. The third-order valence-electron chi connectivity index (χ3n) is 3.84. The summed E-state index contributed by atoms with van der Waals surface area (Å²) in [4.78, 5) is 28.2. The van der Waals surface area contributed by atoms with E-state index in [0.29, 0.717) is 19.0 Å². The topological polar surface area (TPSA) is 86.1 Å². The molecule has 0 fully saturated rings. The van der Waals surface area contributed by atoms with E-state index < -0.39 is 0 Å². The Kier molecular flexibility index (Phi) is 4.92. The maximum atomic E-state index is 12.1. The molecule has 0 aliphatic carbocycles. The molecule has 0 aliphatic rings. The van der Waals surface area contributed by atoms with Gasteiger partial charge in [0.2, 0.25) is 5.91 Å². The number of nitrogens with zero attached hydrogens (tertiary/aromatic N) is 3. The Bertz CT molecular complexity index is 933. The SMILES string of the molecule is CCOC(=O)CCC(=O)Nc1nn(CC)c2nc3ccccc3cc12. The molecule has 0 aliphatic heterocycles. The highest BCUT2D eigenvalue weighted by Crippen LogP contribution is 2.26. The summed E-state index contributed by atoms with van der Waals surface area (Å²) in [6.45, 7) is 4.65. The largest absolute Gasteiger partial charge is 0.466 e. The molecule has 130 valence electrons. The van der Waals surface area contributed by atoms with Crippen molar-refractivity contribution in [2.24, 2.45) is 0 Å². The molecule has 7 heteroatoms. The maximum absolute atomic E-state index is 12.1. The summed E-state index contributed by atoms with van der Waals surface area (Å²) in [6, 6.07) is 9.76. The van der Waals surface area contributed by atoms with Crippen molar-refractivity contribution < 1.29 is 14.3 Å². The maximum Gasteiger partial charge on any atom is 0.306 e. The summed E-state index contributed by atoms with van der Waals surface area (Å²) in [7, 11) is 0. The number of hydrogen-bond donors (Lipinski definition) is 1. The average Bonchev–Trinajstić information content (AvgIpc) is 2.95. The molecular formula is C18H20N4O3. The van der Waals surface area contributed by atoms with E-state index >= 15 is 0 Å². The second kappa shape index (κ2) is 7.29. The molecule has 3 rings (SSSR count). The van der Waals surface area contributed by atoms with Crippen molar-refractivity contribution in [3.05, 3.63) is 30.3 Å². The molecule has 0 radical (unpaired) electrons. The minimum absolute atomic E-state index is 0.0489. The standard InChI is InChI=1S/C18H20N4O3/c1-3-22-18-13(11-12-7-5-6-8-14(12)19-18)17(21-22)20-15(23)9-10-16(24)25-4-2/h5-8,11H,3-4,9-10H2,1-2H3,(H,20,21,23). The van der Waals surface area contributed by atoms with Gasteiger partial charge in [-0.25, -0.2) is 9.67 Å². The van der Waals surface area contributed by atoms with Crippen LogP contribution in [0.1, 0.15) is 26.7 Å². The fourth-order valence-corrected chi connectivity index (χ4v) is 2.65. The lowest BCUT2D eigenvalue weighted by Gasteiger charge is -2.03. The lowest BCUT2D eigenvalue weighted by Crippen LogP contribution is -2.15. The van der Waals surface area contributed by atoms with Crippen LogP contribution >= 0.6 is 0 Å². The summed E-state index contributed by atoms with van der Waals surface area (Å²) in [5.41, 5.74) is 1.60. The minimum atomic E-state index is -0.380. The van der Waals surface area contributed by atoms with Crippen LogP contribution in [0, 0.1) is 0 Å². The zero-order valence-electron chi connectivity index (χ0n) is 14.3. The molecule has 0 saturated heterocycles. The molecule has 3 aromatic rings. The van der Waals surface area contributed by atoms with Gasteiger partial charge in [-0.05, 0) is 26.0 Å². The van der Waals surface area contributed by atoms with Crippen molar-refractivity contribution in [3.63, 3.8) is 0 Å². The number of hydrogen-bond acceptors (Lipinski definition) is 5. The lowest BCUT2D eigenvalue weighted by molar-refractivity contribution is -0.144. The van der Waals surface area contributed by atoms with E-state index in [4.69, 9.17) is 4.74 Å². The van der Waals surface area contributed by atoms with Gasteiger partial charge < -0.3 is 10.1 Å². The van der Waals surface area contributed by atoms with E-state index in [1.165, 1.54) is 0 Å². The van der Waals surface area contributed by atoms with Gasteiger partial charge in [-0.1, -0.05) is 18.2 Å². The number of amides is 1. The Labute approximate surface area is 145 Å². The Balaban J connectivity index is 1.87. The van der Waals surface area contributed by atoms with Crippen molar-refractivity contribution >= 4 is 39.6 Å². The predicted molar refractivity (Wildman–Crippen MR) is 95.2 cm³/mol. The summed E-state index contributed by atoms with van der Waals surface area (Å²) >= 11 is 0. The van der Waals surface area contributed by atoms with Crippen LogP contribution in [0.3, 0.4) is 0 Å². The number of ether oxygens (including phenoxy) is 1. The summed E-state index contributed by atoms with van der Waals surface area (Å²) < 4.78 is 6.59. The van der Waals surface area contributed by atoms with Gasteiger partial charge in [-0.3, -0.25) is 9.59 Å². The quantitative estimate of drug-likeness (QED) is 0.697. The molecule has 2 aromatic heterocycles. The summed E-state index contributed by atoms with van der Waals surface area (Å²) in [5.74, 6) is -0.193. The van der Waals surface area contributed by atoms with Crippen molar-refractivity contribution in [1.82, 2.24) is 14.8 Å². The van der Waals surface area contributed by atoms with E-state index in [2.05, 4.69) is 15.4 Å². The van der Waals surface area contributed by atoms with Crippen LogP contribution in [-0.4, -0.2) is 33.2 Å². The molecular weight excluding hydrogens is 320 g/mol. The average molecular weight is 340 g/mol. The van der Waals surface area contributed by atoms with E-state index in [1.54, 1.807) is 11.6 Å². The van der Waals surface area contributed by atoms with Gasteiger partial charge in [0.25, 0.3) is 0 Å². The van der Waals surface area contributed by atoms with E-state index in [1.807, 2.05) is 37.3 Å². The fraction of sp³-hybridized carbons (Fsp3) is 0.333. The number of aryl methyl sites for hydroxylation is 1. The van der Waals surface area contributed by atoms with Crippen LogP contribution in [-0.2, 0) is 20.9 Å². The van der Waals surface area contributed by atoms with Crippen molar-refractivity contribution in [1.29, 1.82) is 0 Å². The monoisotopic (exact) mass is 340 g/mol. The lowest BCUT2D eigenvalue weighted by atomic mass is 10.2. The number of para-hydroxylation sites is 1. The molecule has 25 heavy (non-hydrogen) atoms. The number of benzene rings is 1. The van der Waals surface area contributed by atoms with Crippen molar-refractivity contribution in [2.75, 3.05) is 11.9 Å². The number of carbonyl (C=O) groups is 2. The predicted octanol–water partition coefficient (Wildman–Crippen LogP) is 2.89. The second-order valence-electron chi connectivity index (χ2n) is 5.57. The fourth-order valence-electron chi connectivity index (χ4n) is 2.65. The molecule has 2 heterocycles. The third kappa shape index (κ3) is 3.60. The molecule has 0 atom stereocenters. The molecule has 1 aromatic carbocycles. The molecule has 1 N–H and O–H groups in total. The highest BCUT2D eigenvalue weighted by molar-refractivity contribution is 6.03. The van der Waals surface area contributed by atoms with Gasteiger partial charge in [-0.15, -0.1) is 0 Å². The molecule has 0 spiro atoms. The number of anilines is 1. The number of esters is 1. The van der Waals surface area contributed by atoms with Gasteiger partial charge in [0, 0.05) is 18.4 Å². The van der Waals surface area contributed by atoms with E-state index in [-0.39, 0.29) is 24.7 Å². The first kappa shape index (κ1) is 16.9. The van der Waals surface area contributed by atoms with E-state index in [9.17, 15) is 9.59 Å². The van der Waals surface area contributed by atoms with Gasteiger partial charge in [0.1, 0.15) is 0 Å². The zero-order chi connectivity index (χ0) is 17.8. The first-order valence-electron chi connectivity index (χ1n) is 8.34. The van der Waals surface area contributed by atoms with Crippen LogP contribution < -0.4 is 5.32 Å². The zero-order valence-corrected chi connectivity index (χ0v) is 14.3. The number of aromatic nitrogens is 3. The van der Waals surface area contributed by atoms with Gasteiger partial charge in [0.05, 0.1) is 23.9 Å². The van der Waals surface area contributed by atoms with Gasteiger partial charge in [-0.2, -0.15) is 5.10 Å². The number of fused-ring (bicyclic) bond motifs is 2. The minimum Gasteiger partial charge on any atom is -0.466 e. The van der Waals surface area contributed by atoms with Gasteiger partial charge >= 0.3 is 5.97 Å². The van der Waals surface area contributed by atoms with Crippen LogP contribution in [0.2, 0.25) is 0 Å². The van der Waals surface area contributed by atoms with Crippen LogP contribution in [0.15, 0.2) is 30.3 Å². The highest BCUT2D eigenvalue weighted by Gasteiger charge is 2.15. The summed E-state index contributed by atoms with van der Waals surface area (Å²) in [5, 5.41) is 8.99. The van der Waals surface area contributed by atoms with E-state index in [0.717, 1.165) is 21.9 Å². The Hall–Kier alpha value is -2.96. The smallest absolute Gasteiger partial charge is 0.306 e. The second-order valence-corrected chi connectivity index (χ2v) is 5.57. The van der Waals surface area contributed by atoms with Gasteiger partial charge in [0.15, 0.2) is 11.5 Å². The molecule has 1 amide bonds. The highest BCUT2D eigenvalue weighted by atomic mass is 16.5. The first-order chi connectivity index (χ1) is 12.1. The third-order valence-corrected chi connectivity index (χ3v) is 3.84. The number of rotatable bonds is 6. The normalized spacial score (nSPS) is 11.0. The van der Waals surface area contributed by atoms with Crippen molar-refractivity contribution in [3.8, 4) is 0 Å². The number of nitrogens with one attached hydrogen (secondary N) is 1. The Morgan fingerprint density at radius 3 is 2.76 bits per heavy atom. The molecule has 0 unspecified atom stereocenters. The van der Waals surface area contributed by atoms with Crippen LogP contribution in [0.5, 0.6) is 0 Å². The Morgan fingerprint density at radius 1 is 1.20 bits per heavy atom. The molecule has 0 saturated carbocycles. The Morgan fingerprint density at radius 2 is 2.00 bits per heavy atom. The van der Waals surface area contributed by atoms with Crippen LogP contribution in [0.25, 0.3) is 21.9 Å². The number of pyridine rings is 1. The van der Waals surface area contributed by atoms with Crippen molar-refractivity contribution in [2.45, 2.75) is 33.2 Å².